The van der Waals surface area contributed by atoms with Gasteiger partial charge in [0.2, 0.25) is 0 Å². The van der Waals surface area contributed by atoms with Gasteiger partial charge in [-0.15, -0.1) is 0 Å². The first-order valence-corrected chi connectivity index (χ1v) is 5.89. The molecule has 0 saturated carbocycles. The van der Waals surface area contributed by atoms with Crippen LogP contribution in [0.1, 0.15) is 44.4 Å². The fourth-order valence-electron chi connectivity index (χ4n) is 1.83. The summed E-state index contributed by atoms with van der Waals surface area (Å²) in [7, 11) is 0. The Morgan fingerprint density at radius 1 is 1.25 bits per heavy atom. The molecule has 16 heavy (non-hydrogen) atoms. The van der Waals surface area contributed by atoms with Gasteiger partial charge in [0.25, 0.3) is 0 Å². The topological polar surface area (TPSA) is 17.1 Å². The smallest absolute Gasteiger partial charge is 0.123 e. The third-order valence-electron chi connectivity index (χ3n) is 2.79. The number of rotatable bonds is 3. The Labute approximate surface area is 98.9 Å². The zero-order chi connectivity index (χ0) is 12.3. The Hall–Kier alpha value is -1.11. The first-order valence-electron chi connectivity index (χ1n) is 5.89. The molecule has 0 bridgehead atoms. The number of aryl methyl sites for hydroxylation is 1. The predicted octanol–water partition coefficient (Wildman–Crippen LogP) is 3.67. The van der Waals surface area contributed by atoms with E-state index < -0.39 is 0 Å². The van der Waals surface area contributed by atoms with Gasteiger partial charge in [-0.2, -0.15) is 0 Å². The Balaban J connectivity index is 3.03. The molecule has 0 heterocycles. The summed E-state index contributed by atoms with van der Waals surface area (Å²) in [4.78, 5) is 10.7. The van der Waals surface area contributed by atoms with Gasteiger partial charge in [-0.1, -0.05) is 51.5 Å². The molecule has 1 rings (SSSR count). The van der Waals surface area contributed by atoms with Crippen molar-refractivity contribution in [2.45, 2.75) is 46.5 Å². The van der Waals surface area contributed by atoms with Crippen LogP contribution in [0.15, 0.2) is 18.2 Å². The van der Waals surface area contributed by atoms with Gasteiger partial charge in [0.1, 0.15) is 6.29 Å². The SMILES string of the molecule is Cc1cc(CC(C)C=O)cc(C(C)(C)C)c1. The predicted molar refractivity (Wildman–Crippen MR) is 68.8 cm³/mol. The van der Waals surface area contributed by atoms with E-state index in [2.05, 4.69) is 45.9 Å². The quantitative estimate of drug-likeness (QED) is 0.707. The van der Waals surface area contributed by atoms with Crippen LogP contribution in [0.4, 0.5) is 0 Å². The van der Waals surface area contributed by atoms with Gasteiger partial charge >= 0.3 is 0 Å². The van der Waals surface area contributed by atoms with Crippen LogP contribution in [-0.2, 0) is 16.6 Å². The Bertz CT molecular complexity index is 372. The summed E-state index contributed by atoms with van der Waals surface area (Å²) in [6, 6.07) is 6.64. The minimum Gasteiger partial charge on any atom is -0.303 e. The average Bonchev–Trinajstić information content (AvgIpc) is 2.15. The van der Waals surface area contributed by atoms with Gasteiger partial charge in [0.05, 0.1) is 0 Å². The van der Waals surface area contributed by atoms with E-state index >= 15 is 0 Å². The third kappa shape index (κ3) is 3.48. The molecular formula is C15H22O. The standard InChI is InChI=1S/C15H22O/c1-11-6-13(7-12(2)10-16)9-14(8-11)15(3,4)5/h6,8-10,12H,7H2,1-5H3. The molecule has 0 N–H and O–H groups in total. The molecule has 1 heteroatoms. The molecule has 88 valence electrons. The lowest BCUT2D eigenvalue weighted by atomic mass is 9.84. The summed E-state index contributed by atoms with van der Waals surface area (Å²) in [5, 5.41) is 0. The van der Waals surface area contributed by atoms with Crippen LogP contribution < -0.4 is 0 Å². The van der Waals surface area contributed by atoms with Gasteiger partial charge < -0.3 is 4.79 Å². The highest BCUT2D eigenvalue weighted by Gasteiger charge is 2.15. The summed E-state index contributed by atoms with van der Waals surface area (Å²) < 4.78 is 0. The Kier molecular flexibility index (Phi) is 3.90. The second-order valence-corrected chi connectivity index (χ2v) is 5.77. The molecule has 1 aromatic carbocycles. The van der Waals surface area contributed by atoms with Crippen LogP contribution in [0.25, 0.3) is 0 Å². The Morgan fingerprint density at radius 2 is 1.88 bits per heavy atom. The maximum atomic E-state index is 10.7. The molecule has 1 unspecified atom stereocenters. The first kappa shape index (κ1) is 13.0. The molecule has 0 saturated heterocycles. The number of aldehydes is 1. The number of hydrogen-bond acceptors (Lipinski definition) is 1. The van der Waals surface area contributed by atoms with E-state index in [1.165, 1.54) is 16.7 Å². The van der Waals surface area contributed by atoms with E-state index in [1.807, 2.05) is 6.92 Å². The maximum absolute atomic E-state index is 10.7. The van der Waals surface area contributed by atoms with E-state index in [-0.39, 0.29) is 11.3 Å². The van der Waals surface area contributed by atoms with E-state index in [0.717, 1.165) is 12.7 Å². The molecule has 0 aliphatic heterocycles. The van der Waals surface area contributed by atoms with E-state index in [1.54, 1.807) is 0 Å². The second-order valence-electron chi connectivity index (χ2n) is 5.77. The summed E-state index contributed by atoms with van der Waals surface area (Å²) >= 11 is 0. The van der Waals surface area contributed by atoms with Crippen LogP contribution >= 0.6 is 0 Å². The maximum Gasteiger partial charge on any atom is 0.123 e. The lowest BCUT2D eigenvalue weighted by Gasteiger charge is -2.21. The average molecular weight is 218 g/mol. The number of benzene rings is 1. The van der Waals surface area contributed by atoms with Gasteiger partial charge in [-0.3, -0.25) is 0 Å². The third-order valence-corrected chi connectivity index (χ3v) is 2.79. The zero-order valence-electron chi connectivity index (χ0n) is 11.0. The van der Waals surface area contributed by atoms with Crippen LogP contribution in [-0.4, -0.2) is 6.29 Å². The first-order chi connectivity index (χ1) is 7.32. The fraction of sp³-hybridized carbons (Fsp3) is 0.533. The largest absolute Gasteiger partial charge is 0.303 e. The van der Waals surface area contributed by atoms with Gasteiger partial charge in [0.15, 0.2) is 0 Å². The molecule has 1 aromatic rings. The highest BCUT2D eigenvalue weighted by Crippen LogP contribution is 2.25. The van der Waals surface area contributed by atoms with E-state index in [9.17, 15) is 4.79 Å². The van der Waals surface area contributed by atoms with Crippen molar-refractivity contribution >= 4 is 6.29 Å². The molecule has 0 aliphatic carbocycles. The lowest BCUT2D eigenvalue weighted by Crippen LogP contribution is -2.12. The van der Waals surface area contributed by atoms with Crippen molar-refractivity contribution in [2.24, 2.45) is 5.92 Å². The van der Waals surface area contributed by atoms with Gasteiger partial charge in [-0.25, -0.2) is 0 Å². The van der Waals surface area contributed by atoms with Crippen molar-refractivity contribution in [3.05, 3.63) is 34.9 Å². The van der Waals surface area contributed by atoms with Crippen molar-refractivity contribution in [1.29, 1.82) is 0 Å². The monoisotopic (exact) mass is 218 g/mol. The molecule has 0 radical (unpaired) electrons. The number of carbonyl (C=O) groups is 1. The highest BCUT2D eigenvalue weighted by atomic mass is 16.1. The van der Waals surface area contributed by atoms with Crippen molar-refractivity contribution in [2.75, 3.05) is 0 Å². The Morgan fingerprint density at radius 3 is 2.38 bits per heavy atom. The van der Waals surface area contributed by atoms with E-state index in [4.69, 9.17) is 0 Å². The van der Waals surface area contributed by atoms with Crippen LogP contribution in [0.2, 0.25) is 0 Å². The zero-order valence-corrected chi connectivity index (χ0v) is 11.0. The molecule has 0 aromatic heterocycles. The van der Waals surface area contributed by atoms with E-state index in [0.29, 0.717) is 0 Å². The fourth-order valence-corrected chi connectivity index (χ4v) is 1.83. The summed E-state index contributed by atoms with van der Waals surface area (Å²) in [5.41, 5.74) is 4.07. The highest BCUT2D eigenvalue weighted by molar-refractivity contribution is 5.53. The second kappa shape index (κ2) is 4.82. The summed E-state index contributed by atoms with van der Waals surface area (Å²) in [6.45, 7) is 10.7. The van der Waals surface area contributed by atoms with Crippen LogP contribution in [0, 0.1) is 12.8 Å². The molecule has 0 aliphatic rings. The van der Waals surface area contributed by atoms with Gasteiger partial charge in [0, 0.05) is 5.92 Å². The van der Waals surface area contributed by atoms with Crippen molar-refractivity contribution < 1.29 is 4.79 Å². The molecule has 0 spiro atoms. The molecule has 1 nitrogen and oxygen atoms in total. The van der Waals surface area contributed by atoms with Crippen LogP contribution in [0.3, 0.4) is 0 Å². The molecule has 1 atom stereocenters. The van der Waals surface area contributed by atoms with Gasteiger partial charge in [-0.05, 0) is 29.9 Å². The molecule has 0 fully saturated rings. The number of hydrogen-bond donors (Lipinski definition) is 0. The molecular weight excluding hydrogens is 196 g/mol. The molecule has 0 amide bonds. The minimum atomic E-state index is 0.106. The minimum absolute atomic E-state index is 0.106. The lowest BCUT2D eigenvalue weighted by molar-refractivity contribution is -0.110. The summed E-state index contributed by atoms with van der Waals surface area (Å²) in [5.74, 6) is 0.106. The van der Waals surface area contributed by atoms with Crippen molar-refractivity contribution in [3.8, 4) is 0 Å². The summed E-state index contributed by atoms with van der Waals surface area (Å²) in [6.07, 6.45) is 1.87. The van der Waals surface area contributed by atoms with Crippen molar-refractivity contribution in [3.63, 3.8) is 0 Å². The normalized spacial score (nSPS) is 13.6. The van der Waals surface area contributed by atoms with Crippen LogP contribution in [0.5, 0.6) is 0 Å². The van der Waals surface area contributed by atoms with Crippen molar-refractivity contribution in [1.82, 2.24) is 0 Å². The number of carbonyl (C=O) groups excluding carboxylic acids is 1.